The molecule has 4 rings (SSSR count). The van der Waals surface area contributed by atoms with E-state index in [9.17, 15) is 19.1 Å². The summed E-state index contributed by atoms with van der Waals surface area (Å²) in [4.78, 5) is 25.7. The molecule has 0 amide bonds. The molecular weight excluding hydrogens is 520 g/mol. The molecule has 2 radical (unpaired) electrons. The first-order valence-corrected chi connectivity index (χ1v) is 8.13. The van der Waals surface area contributed by atoms with Crippen molar-refractivity contribution < 1.29 is 14.3 Å². The molecule has 132 valence electrons. The fraction of sp³-hybridized carbons (Fsp3) is 0.412. The van der Waals surface area contributed by atoms with E-state index in [1.165, 1.54) is 12.3 Å². The number of rotatable bonds is 3. The van der Waals surface area contributed by atoms with Crippen LogP contribution >= 0.6 is 0 Å². The zero-order chi connectivity index (χ0) is 16.8. The molecule has 6 nitrogen and oxygen atoms in total. The summed E-state index contributed by atoms with van der Waals surface area (Å²) in [5.41, 5.74) is 0.159. The first kappa shape index (κ1) is 18.3. The number of piperazine rings is 1. The van der Waals surface area contributed by atoms with Crippen LogP contribution in [0.25, 0.3) is 10.9 Å². The van der Waals surface area contributed by atoms with E-state index in [1.54, 1.807) is 6.07 Å². The van der Waals surface area contributed by atoms with Crippen molar-refractivity contribution in [3.8, 4) is 0 Å². The SMILES string of the molecule is O=C(O)c1cn(C2CC2)c2cc(N3CCNCC3)c(F)cc2c1=O.[PbH2]. The van der Waals surface area contributed by atoms with Crippen LogP contribution in [0, 0.1) is 5.82 Å². The molecular formula is C17H20FN3O3Pb. The standard InChI is InChI=1S/C17H18FN3O3.Pb.2H/c18-13-7-11-14(8-15(13)20-5-3-19-4-6-20)21(10-1-2-10)9-12(16(11)22)17(23)24;;;/h7-10,19H,1-6H2,(H,23,24);;;. The molecule has 0 bridgehead atoms. The summed E-state index contributed by atoms with van der Waals surface area (Å²) in [7, 11) is 0. The zero-order valence-electron chi connectivity index (χ0n) is 13.8. The average Bonchev–Trinajstić information content (AvgIpc) is 3.40. The van der Waals surface area contributed by atoms with E-state index >= 15 is 0 Å². The van der Waals surface area contributed by atoms with E-state index in [1.807, 2.05) is 9.47 Å². The Labute approximate surface area is 163 Å². The molecule has 2 aliphatic rings. The Morgan fingerprint density at radius 1 is 1.24 bits per heavy atom. The number of carboxylic acid groups (broad SMARTS) is 1. The molecule has 0 spiro atoms. The summed E-state index contributed by atoms with van der Waals surface area (Å²) < 4.78 is 16.4. The van der Waals surface area contributed by atoms with Crippen LogP contribution < -0.4 is 15.6 Å². The molecule has 1 aromatic carbocycles. The molecule has 1 saturated carbocycles. The first-order chi connectivity index (χ1) is 11.6. The number of halogens is 1. The number of carboxylic acids is 1. The Bertz CT molecular complexity index is 889. The van der Waals surface area contributed by atoms with Crippen LogP contribution in [0.4, 0.5) is 10.1 Å². The van der Waals surface area contributed by atoms with Crippen molar-refractivity contribution in [3.63, 3.8) is 0 Å². The van der Waals surface area contributed by atoms with Gasteiger partial charge in [0.1, 0.15) is 11.4 Å². The molecule has 8 heteroatoms. The monoisotopic (exact) mass is 541 g/mol. The van der Waals surface area contributed by atoms with Gasteiger partial charge >= 0.3 is 33.3 Å². The van der Waals surface area contributed by atoms with Crippen LogP contribution in [0.3, 0.4) is 0 Å². The second-order valence-corrected chi connectivity index (χ2v) is 6.37. The van der Waals surface area contributed by atoms with E-state index in [4.69, 9.17) is 0 Å². The van der Waals surface area contributed by atoms with Gasteiger partial charge in [-0.3, -0.25) is 4.79 Å². The fourth-order valence-electron chi connectivity index (χ4n) is 3.31. The van der Waals surface area contributed by atoms with Crippen molar-refractivity contribution in [1.29, 1.82) is 0 Å². The van der Waals surface area contributed by atoms with Gasteiger partial charge in [0, 0.05) is 43.8 Å². The van der Waals surface area contributed by atoms with Gasteiger partial charge in [0.15, 0.2) is 0 Å². The number of fused-ring (bicyclic) bond motifs is 1. The normalized spacial score (nSPS) is 17.4. The second-order valence-electron chi connectivity index (χ2n) is 6.37. The van der Waals surface area contributed by atoms with Crippen molar-refractivity contribution in [2.24, 2.45) is 0 Å². The summed E-state index contributed by atoms with van der Waals surface area (Å²) in [5.74, 6) is -1.76. The van der Waals surface area contributed by atoms with E-state index in [0.717, 1.165) is 25.9 Å². The van der Waals surface area contributed by atoms with Gasteiger partial charge in [-0.05, 0) is 25.0 Å². The van der Waals surface area contributed by atoms with Gasteiger partial charge in [-0.2, -0.15) is 0 Å². The number of nitrogens with one attached hydrogen (secondary N) is 1. The molecule has 1 aromatic heterocycles. The third-order valence-corrected chi connectivity index (χ3v) is 4.73. The van der Waals surface area contributed by atoms with Crippen molar-refractivity contribution in [2.45, 2.75) is 18.9 Å². The van der Waals surface area contributed by atoms with Gasteiger partial charge in [0.2, 0.25) is 5.43 Å². The van der Waals surface area contributed by atoms with E-state index < -0.39 is 17.2 Å². The minimum atomic E-state index is -1.28. The number of anilines is 1. The predicted octanol–water partition coefficient (Wildman–Crippen LogP) is 0.667. The van der Waals surface area contributed by atoms with Gasteiger partial charge in [0.25, 0.3) is 0 Å². The minimum absolute atomic E-state index is 0. The molecule has 2 heterocycles. The molecule has 1 aliphatic carbocycles. The summed E-state index contributed by atoms with van der Waals surface area (Å²) in [6, 6.07) is 3.08. The van der Waals surface area contributed by atoms with Crippen molar-refractivity contribution in [1.82, 2.24) is 9.88 Å². The van der Waals surface area contributed by atoms with Gasteiger partial charge in [-0.15, -0.1) is 0 Å². The van der Waals surface area contributed by atoms with Gasteiger partial charge in [-0.25, -0.2) is 9.18 Å². The number of carbonyl (C=O) groups is 1. The van der Waals surface area contributed by atoms with Gasteiger partial charge in [-0.1, -0.05) is 0 Å². The maximum atomic E-state index is 14.6. The number of hydrogen-bond acceptors (Lipinski definition) is 4. The number of nitrogens with zero attached hydrogens (tertiary/aromatic N) is 2. The van der Waals surface area contributed by atoms with Crippen LogP contribution in [-0.4, -0.2) is 69.1 Å². The summed E-state index contributed by atoms with van der Waals surface area (Å²) >= 11 is 0. The van der Waals surface area contributed by atoms with Crippen LogP contribution in [-0.2, 0) is 0 Å². The van der Waals surface area contributed by atoms with E-state index in [0.29, 0.717) is 24.3 Å². The molecule has 1 saturated heterocycles. The third-order valence-electron chi connectivity index (χ3n) is 4.73. The summed E-state index contributed by atoms with van der Waals surface area (Å²) in [5, 5.41) is 12.6. The molecule has 25 heavy (non-hydrogen) atoms. The van der Waals surface area contributed by atoms with Crippen LogP contribution in [0.5, 0.6) is 0 Å². The molecule has 2 fully saturated rings. The van der Waals surface area contributed by atoms with Crippen LogP contribution in [0.1, 0.15) is 29.2 Å². The van der Waals surface area contributed by atoms with Gasteiger partial charge in [0.05, 0.1) is 11.2 Å². The Hall–Kier alpha value is -1.49. The number of aromatic nitrogens is 1. The first-order valence-electron chi connectivity index (χ1n) is 8.13. The molecule has 0 atom stereocenters. The van der Waals surface area contributed by atoms with Crippen molar-refractivity contribution >= 4 is 49.9 Å². The molecule has 2 aromatic rings. The number of pyridine rings is 1. The zero-order valence-corrected chi connectivity index (χ0v) is 19.3. The Morgan fingerprint density at radius 3 is 2.52 bits per heavy atom. The fourth-order valence-corrected chi connectivity index (χ4v) is 3.31. The number of benzene rings is 1. The molecule has 1 aliphatic heterocycles. The van der Waals surface area contributed by atoms with Crippen LogP contribution in [0.2, 0.25) is 0 Å². The third kappa shape index (κ3) is 3.31. The predicted molar refractivity (Wildman–Crippen MR) is 97.0 cm³/mol. The maximum absolute atomic E-state index is 14.6. The number of hydrogen-bond donors (Lipinski definition) is 2. The van der Waals surface area contributed by atoms with Crippen LogP contribution in [0.15, 0.2) is 23.1 Å². The van der Waals surface area contributed by atoms with Gasteiger partial charge < -0.3 is 19.9 Å². The molecule has 2 N–H and O–H groups in total. The average molecular weight is 541 g/mol. The Morgan fingerprint density at radius 2 is 1.92 bits per heavy atom. The van der Waals surface area contributed by atoms with E-state index in [2.05, 4.69) is 5.32 Å². The summed E-state index contributed by atoms with van der Waals surface area (Å²) in [6.07, 6.45) is 3.29. The topological polar surface area (TPSA) is 74.6 Å². The number of aromatic carboxylic acids is 1. The molecule has 0 unspecified atom stereocenters. The Balaban J connectivity index is 0.00000182. The van der Waals surface area contributed by atoms with Crippen molar-refractivity contribution in [2.75, 3.05) is 31.1 Å². The van der Waals surface area contributed by atoms with Crippen molar-refractivity contribution in [3.05, 3.63) is 39.9 Å². The summed E-state index contributed by atoms with van der Waals surface area (Å²) in [6.45, 7) is 2.96. The quantitative estimate of drug-likeness (QED) is 0.560. The second kappa shape index (κ2) is 7.02. The van der Waals surface area contributed by atoms with E-state index in [-0.39, 0.29) is 44.3 Å². The Kier molecular flexibility index (Phi) is 5.14.